The number of nitrogens with zero attached hydrogens (tertiary/aromatic N) is 1. The lowest BCUT2D eigenvalue weighted by molar-refractivity contribution is 0.204. The molecule has 16 heavy (non-hydrogen) atoms. The van der Waals surface area contributed by atoms with E-state index in [-0.39, 0.29) is 0 Å². The van der Waals surface area contributed by atoms with Gasteiger partial charge in [0.05, 0.1) is 23.0 Å². The van der Waals surface area contributed by atoms with Crippen LogP contribution in [0.4, 0.5) is 11.4 Å². The third kappa shape index (κ3) is 3.03. The van der Waals surface area contributed by atoms with Crippen molar-refractivity contribution in [2.45, 2.75) is 19.9 Å². The predicted octanol–water partition coefficient (Wildman–Crippen LogP) is 2.78. The van der Waals surface area contributed by atoms with Gasteiger partial charge in [0.25, 0.3) is 0 Å². The first kappa shape index (κ1) is 13.1. The van der Waals surface area contributed by atoms with Gasteiger partial charge in [-0.05, 0) is 26.0 Å². The fourth-order valence-electron chi connectivity index (χ4n) is 1.62. The van der Waals surface area contributed by atoms with E-state index in [2.05, 4.69) is 18.7 Å². The zero-order valence-corrected chi connectivity index (χ0v) is 10.8. The van der Waals surface area contributed by atoms with Crippen molar-refractivity contribution in [3.63, 3.8) is 0 Å². The predicted molar refractivity (Wildman–Crippen MR) is 70.2 cm³/mol. The zero-order chi connectivity index (χ0) is 12.1. The van der Waals surface area contributed by atoms with Crippen LogP contribution in [0.3, 0.4) is 0 Å². The molecule has 2 N–H and O–H groups in total. The number of hydrogen-bond donors (Lipinski definition) is 1. The first-order valence-electron chi connectivity index (χ1n) is 5.37. The van der Waals surface area contributed by atoms with Crippen LogP contribution in [0.25, 0.3) is 0 Å². The van der Waals surface area contributed by atoms with Crippen LogP contribution in [-0.2, 0) is 4.74 Å². The zero-order valence-electron chi connectivity index (χ0n) is 10.0. The second-order valence-electron chi connectivity index (χ2n) is 3.95. The molecule has 0 fully saturated rings. The topological polar surface area (TPSA) is 38.5 Å². The standard InChI is InChI=1S/C12H19ClN2O/c1-9(2)15(7-8-16-3)11-6-4-5-10(13)12(11)14/h4-6,9H,7-8,14H2,1-3H3. The molecule has 0 radical (unpaired) electrons. The minimum atomic E-state index is 0.357. The first-order valence-corrected chi connectivity index (χ1v) is 5.75. The molecule has 1 aromatic rings. The van der Waals surface area contributed by atoms with E-state index in [1.54, 1.807) is 13.2 Å². The molecular formula is C12H19ClN2O. The van der Waals surface area contributed by atoms with Gasteiger partial charge in [0.15, 0.2) is 0 Å². The van der Waals surface area contributed by atoms with Gasteiger partial charge in [0.1, 0.15) is 0 Å². The number of anilines is 2. The van der Waals surface area contributed by atoms with Crippen LogP contribution >= 0.6 is 11.6 Å². The molecule has 0 atom stereocenters. The van der Waals surface area contributed by atoms with Gasteiger partial charge in [-0.1, -0.05) is 17.7 Å². The summed E-state index contributed by atoms with van der Waals surface area (Å²) in [7, 11) is 1.69. The monoisotopic (exact) mass is 242 g/mol. The molecule has 0 saturated carbocycles. The van der Waals surface area contributed by atoms with Gasteiger partial charge in [0, 0.05) is 19.7 Å². The highest BCUT2D eigenvalue weighted by Gasteiger charge is 2.14. The summed E-state index contributed by atoms with van der Waals surface area (Å²) in [4.78, 5) is 2.19. The Kier molecular flexibility index (Phi) is 4.90. The molecule has 0 aromatic heterocycles. The third-order valence-electron chi connectivity index (χ3n) is 2.50. The van der Waals surface area contributed by atoms with E-state index >= 15 is 0 Å². The molecule has 0 unspecified atom stereocenters. The largest absolute Gasteiger partial charge is 0.396 e. The van der Waals surface area contributed by atoms with E-state index < -0.39 is 0 Å². The Morgan fingerprint density at radius 1 is 1.44 bits per heavy atom. The van der Waals surface area contributed by atoms with Crippen LogP contribution in [0.5, 0.6) is 0 Å². The summed E-state index contributed by atoms with van der Waals surface area (Å²) in [5.74, 6) is 0. The minimum absolute atomic E-state index is 0.357. The van der Waals surface area contributed by atoms with Gasteiger partial charge in [-0.25, -0.2) is 0 Å². The summed E-state index contributed by atoms with van der Waals surface area (Å²) in [6.07, 6.45) is 0. The Bertz CT molecular complexity index is 342. The lowest BCUT2D eigenvalue weighted by Gasteiger charge is -2.30. The van der Waals surface area contributed by atoms with Crippen molar-refractivity contribution in [1.82, 2.24) is 0 Å². The number of nitrogens with two attached hydrogens (primary N) is 1. The molecule has 1 aromatic carbocycles. The van der Waals surface area contributed by atoms with Crippen molar-refractivity contribution >= 4 is 23.0 Å². The maximum absolute atomic E-state index is 6.01. The molecule has 0 aliphatic carbocycles. The summed E-state index contributed by atoms with van der Waals surface area (Å²) in [6.45, 7) is 5.72. The van der Waals surface area contributed by atoms with Crippen molar-refractivity contribution in [3.8, 4) is 0 Å². The number of rotatable bonds is 5. The second kappa shape index (κ2) is 5.97. The van der Waals surface area contributed by atoms with E-state index in [0.717, 1.165) is 12.2 Å². The number of nitrogen functional groups attached to an aromatic ring is 1. The summed E-state index contributed by atoms with van der Waals surface area (Å²) in [5, 5.41) is 0.598. The highest BCUT2D eigenvalue weighted by Crippen LogP contribution is 2.30. The SMILES string of the molecule is COCCN(c1cccc(Cl)c1N)C(C)C. The molecule has 0 aliphatic heterocycles. The summed E-state index contributed by atoms with van der Waals surface area (Å²) < 4.78 is 5.10. The Labute approximate surface area is 102 Å². The quantitative estimate of drug-likeness (QED) is 0.807. The van der Waals surface area contributed by atoms with E-state index in [1.807, 2.05) is 12.1 Å². The average Bonchev–Trinajstić information content (AvgIpc) is 2.24. The van der Waals surface area contributed by atoms with E-state index in [1.165, 1.54) is 0 Å². The Morgan fingerprint density at radius 3 is 2.69 bits per heavy atom. The molecule has 1 rings (SSSR count). The Morgan fingerprint density at radius 2 is 2.12 bits per heavy atom. The highest BCUT2D eigenvalue weighted by atomic mass is 35.5. The number of benzene rings is 1. The third-order valence-corrected chi connectivity index (χ3v) is 2.83. The van der Waals surface area contributed by atoms with E-state index in [4.69, 9.17) is 22.1 Å². The Balaban J connectivity index is 2.96. The molecule has 0 bridgehead atoms. The number of hydrogen-bond acceptors (Lipinski definition) is 3. The maximum Gasteiger partial charge on any atom is 0.0741 e. The smallest absolute Gasteiger partial charge is 0.0741 e. The van der Waals surface area contributed by atoms with Crippen LogP contribution in [0.1, 0.15) is 13.8 Å². The molecule has 4 heteroatoms. The lowest BCUT2D eigenvalue weighted by Crippen LogP contribution is -2.34. The fraction of sp³-hybridized carbons (Fsp3) is 0.500. The summed E-state index contributed by atoms with van der Waals surface area (Å²) in [6, 6.07) is 6.05. The van der Waals surface area contributed by atoms with Crippen molar-refractivity contribution in [2.24, 2.45) is 0 Å². The van der Waals surface area contributed by atoms with Crippen LogP contribution in [0.15, 0.2) is 18.2 Å². The van der Waals surface area contributed by atoms with E-state index in [0.29, 0.717) is 23.4 Å². The van der Waals surface area contributed by atoms with Gasteiger partial charge in [-0.3, -0.25) is 0 Å². The normalized spacial score (nSPS) is 10.8. The average molecular weight is 243 g/mol. The summed E-state index contributed by atoms with van der Waals surface area (Å²) in [5.41, 5.74) is 7.58. The molecule has 0 amide bonds. The number of methoxy groups -OCH3 is 1. The van der Waals surface area contributed by atoms with Crippen LogP contribution in [0, 0.1) is 0 Å². The molecule has 0 saturated heterocycles. The lowest BCUT2D eigenvalue weighted by atomic mass is 10.2. The van der Waals surface area contributed by atoms with Gasteiger partial charge in [0.2, 0.25) is 0 Å². The molecule has 3 nitrogen and oxygen atoms in total. The highest BCUT2D eigenvalue weighted by molar-refractivity contribution is 6.33. The molecule has 90 valence electrons. The van der Waals surface area contributed by atoms with Crippen molar-refractivity contribution in [2.75, 3.05) is 30.9 Å². The van der Waals surface area contributed by atoms with Crippen LogP contribution < -0.4 is 10.6 Å². The molecule has 0 aliphatic rings. The van der Waals surface area contributed by atoms with Crippen LogP contribution in [-0.4, -0.2) is 26.3 Å². The first-order chi connectivity index (χ1) is 7.57. The maximum atomic E-state index is 6.01. The van der Waals surface area contributed by atoms with Crippen molar-refractivity contribution in [1.29, 1.82) is 0 Å². The van der Waals surface area contributed by atoms with E-state index in [9.17, 15) is 0 Å². The van der Waals surface area contributed by atoms with Gasteiger partial charge < -0.3 is 15.4 Å². The number of halogens is 1. The second-order valence-corrected chi connectivity index (χ2v) is 4.36. The minimum Gasteiger partial charge on any atom is -0.396 e. The van der Waals surface area contributed by atoms with Crippen LogP contribution in [0.2, 0.25) is 5.02 Å². The van der Waals surface area contributed by atoms with Crippen molar-refractivity contribution in [3.05, 3.63) is 23.2 Å². The number of ether oxygens (including phenoxy) is 1. The number of para-hydroxylation sites is 1. The Hall–Kier alpha value is -0.930. The fourth-order valence-corrected chi connectivity index (χ4v) is 1.79. The van der Waals surface area contributed by atoms with Gasteiger partial charge >= 0.3 is 0 Å². The van der Waals surface area contributed by atoms with Gasteiger partial charge in [-0.15, -0.1) is 0 Å². The van der Waals surface area contributed by atoms with Gasteiger partial charge in [-0.2, -0.15) is 0 Å². The molecule has 0 heterocycles. The van der Waals surface area contributed by atoms with Crippen molar-refractivity contribution < 1.29 is 4.74 Å². The summed E-state index contributed by atoms with van der Waals surface area (Å²) >= 11 is 6.01. The molecular weight excluding hydrogens is 224 g/mol. The molecule has 0 spiro atoms.